The number of aliphatic carboxylic acids is 1. The molecule has 0 amide bonds. The molecule has 0 aromatic carbocycles. The topological polar surface area (TPSA) is 95.9 Å². The van der Waals surface area contributed by atoms with Crippen LogP contribution in [0.15, 0.2) is 0 Å². The number of ether oxygens (including phenoxy) is 1. The summed E-state index contributed by atoms with van der Waals surface area (Å²) in [5, 5.41) is 8.53. The molecule has 0 bridgehead atoms. The molecule has 7 nitrogen and oxygen atoms in total. The molecule has 1 saturated heterocycles. The third-order valence-corrected chi connectivity index (χ3v) is 4.49. The van der Waals surface area contributed by atoms with Crippen LogP contribution >= 0.6 is 0 Å². The monoisotopic (exact) mass is 280 g/mol. The minimum Gasteiger partial charge on any atom is -0.481 e. The van der Waals surface area contributed by atoms with Crippen molar-refractivity contribution in [2.24, 2.45) is 0 Å². The number of hydrogen-bond acceptors (Lipinski definition) is 4. The second-order valence-corrected chi connectivity index (χ2v) is 6.30. The molecule has 0 aromatic heterocycles. The maximum Gasteiger partial charge on any atom is 0.304 e. The zero-order valence-electron chi connectivity index (χ0n) is 10.6. The van der Waals surface area contributed by atoms with Crippen LogP contribution in [0.25, 0.3) is 0 Å². The van der Waals surface area contributed by atoms with Crippen LogP contribution in [0.5, 0.6) is 0 Å². The number of rotatable bonds is 6. The van der Waals surface area contributed by atoms with E-state index in [2.05, 4.69) is 4.72 Å². The van der Waals surface area contributed by atoms with Crippen molar-refractivity contribution < 1.29 is 23.1 Å². The Balaban J connectivity index is 2.49. The average molecular weight is 280 g/mol. The molecule has 0 spiro atoms. The Morgan fingerprint density at radius 3 is 2.78 bits per heavy atom. The van der Waals surface area contributed by atoms with E-state index in [0.29, 0.717) is 19.4 Å². The van der Waals surface area contributed by atoms with Gasteiger partial charge >= 0.3 is 5.97 Å². The molecular weight excluding hydrogens is 260 g/mol. The molecule has 1 heterocycles. The highest BCUT2D eigenvalue weighted by atomic mass is 32.2. The van der Waals surface area contributed by atoms with Gasteiger partial charge in [-0.15, -0.1) is 0 Å². The summed E-state index contributed by atoms with van der Waals surface area (Å²) >= 11 is 0. The average Bonchev–Trinajstić information content (AvgIpc) is 2.25. The summed E-state index contributed by atoms with van der Waals surface area (Å²) in [4.78, 5) is 10.4. The van der Waals surface area contributed by atoms with Crippen LogP contribution in [0.2, 0.25) is 0 Å². The lowest BCUT2D eigenvalue weighted by atomic mass is 10.1. The van der Waals surface area contributed by atoms with Crippen molar-refractivity contribution in [3.63, 3.8) is 0 Å². The maximum atomic E-state index is 11.9. The molecule has 1 aliphatic heterocycles. The van der Waals surface area contributed by atoms with Gasteiger partial charge in [-0.1, -0.05) is 0 Å². The van der Waals surface area contributed by atoms with E-state index >= 15 is 0 Å². The van der Waals surface area contributed by atoms with Crippen LogP contribution in [-0.2, 0) is 19.7 Å². The Labute approximate surface area is 107 Å². The largest absolute Gasteiger partial charge is 0.481 e. The molecule has 8 heteroatoms. The summed E-state index contributed by atoms with van der Waals surface area (Å²) in [6, 6.07) is -0.147. The van der Waals surface area contributed by atoms with E-state index in [1.165, 1.54) is 7.05 Å². The van der Waals surface area contributed by atoms with Gasteiger partial charge in [-0.05, 0) is 19.8 Å². The van der Waals surface area contributed by atoms with Gasteiger partial charge in [-0.3, -0.25) is 4.79 Å². The lowest BCUT2D eigenvalue weighted by molar-refractivity contribution is -0.137. The molecule has 106 valence electrons. The molecule has 2 unspecified atom stereocenters. The first-order valence-corrected chi connectivity index (χ1v) is 7.32. The van der Waals surface area contributed by atoms with Crippen molar-refractivity contribution in [3.8, 4) is 0 Å². The smallest absolute Gasteiger partial charge is 0.304 e. The quantitative estimate of drug-likeness (QED) is 0.702. The SMILES string of the molecule is CC1CC(NS(=O)(=O)N(C)CCC(=O)O)CCO1. The van der Waals surface area contributed by atoms with Crippen molar-refractivity contribution in [1.82, 2.24) is 9.03 Å². The van der Waals surface area contributed by atoms with Gasteiger partial charge in [0.2, 0.25) is 0 Å². The molecular formula is C10H20N2O5S. The third kappa shape index (κ3) is 4.89. The van der Waals surface area contributed by atoms with Crippen LogP contribution in [0.3, 0.4) is 0 Å². The van der Waals surface area contributed by atoms with Crippen LogP contribution in [0.4, 0.5) is 0 Å². The van der Waals surface area contributed by atoms with E-state index in [-0.39, 0.29) is 25.1 Å². The van der Waals surface area contributed by atoms with Crippen molar-refractivity contribution in [1.29, 1.82) is 0 Å². The Bertz CT molecular complexity index is 384. The second kappa shape index (κ2) is 6.46. The van der Waals surface area contributed by atoms with E-state index in [1.807, 2.05) is 6.92 Å². The molecule has 1 aliphatic rings. The van der Waals surface area contributed by atoms with Crippen LogP contribution < -0.4 is 4.72 Å². The molecule has 18 heavy (non-hydrogen) atoms. The lowest BCUT2D eigenvalue weighted by Crippen LogP contribution is -2.47. The molecule has 0 saturated carbocycles. The highest BCUT2D eigenvalue weighted by molar-refractivity contribution is 7.87. The van der Waals surface area contributed by atoms with Crippen LogP contribution in [0.1, 0.15) is 26.2 Å². The number of hydrogen-bond donors (Lipinski definition) is 2. The highest BCUT2D eigenvalue weighted by Gasteiger charge is 2.26. The first-order valence-electron chi connectivity index (χ1n) is 5.88. The Kier molecular flexibility index (Phi) is 5.51. The van der Waals surface area contributed by atoms with Crippen molar-refractivity contribution >= 4 is 16.2 Å². The highest BCUT2D eigenvalue weighted by Crippen LogP contribution is 2.14. The minimum atomic E-state index is -3.61. The van der Waals surface area contributed by atoms with E-state index in [9.17, 15) is 13.2 Å². The van der Waals surface area contributed by atoms with Crippen LogP contribution in [0, 0.1) is 0 Å². The number of nitrogens with one attached hydrogen (secondary N) is 1. The van der Waals surface area contributed by atoms with E-state index < -0.39 is 16.2 Å². The van der Waals surface area contributed by atoms with Gasteiger partial charge in [-0.25, -0.2) is 0 Å². The molecule has 1 fully saturated rings. The first-order chi connectivity index (χ1) is 8.31. The number of nitrogens with zero attached hydrogens (tertiary/aromatic N) is 1. The zero-order valence-corrected chi connectivity index (χ0v) is 11.4. The van der Waals surface area contributed by atoms with Crippen molar-refractivity contribution in [3.05, 3.63) is 0 Å². The van der Waals surface area contributed by atoms with Gasteiger partial charge < -0.3 is 9.84 Å². The predicted octanol–water partition coefficient (Wildman–Crippen LogP) is -0.205. The standard InChI is InChI=1S/C10H20N2O5S/c1-8-7-9(4-6-17-8)11-18(15,16)12(2)5-3-10(13)14/h8-9,11H,3-7H2,1-2H3,(H,13,14). The molecule has 0 aliphatic carbocycles. The lowest BCUT2D eigenvalue weighted by Gasteiger charge is -2.29. The Morgan fingerprint density at radius 2 is 2.22 bits per heavy atom. The van der Waals surface area contributed by atoms with Crippen LogP contribution in [-0.4, -0.2) is 56.1 Å². The number of carboxylic acids is 1. The zero-order chi connectivity index (χ0) is 13.8. The summed E-state index contributed by atoms with van der Waals surface area (Å²) < 4.78 is 32.7. The third-order valence-electron chi connectivity index (χ3n) is 2.85. The summed E-state index contributed by atoms with van der Waals surface area (Å²) in [6.07, 6.45) is 1.10. The predicted molar refractivity (Wildman–Crippen MR) is 65.4 cm³/mol. The summed E-state index contributed by atoms with van der Waals surface area (Å²) in [6.45, 7) is 2.39. The molecule has 2 N–H and O–H groups in total. The molecule has 2 atom stereocenters. The summed E-state index contributed by atoms with van der Waals surface area (Å²) in [5.41, 5.74) is 0. The first kappa shape index (κ1) is 15.4. The molecule has 1 rings (SSSR count). The second-order valence-electron chi connectivity index (χ2n) is 4.49. The van der Waals surface area contributed by atoms with Gasteiger partial charge in [0.25, 0.3) is 10.2 Å². The normalized spacial score (nSPS) is 25.3. The van der Waals surface area contributed by atoms with Gasteiger partial charge in [0, 0.05) is 26.2 Å². The number of carbonyl (C=O) groups is 1. The fourth-order valence-electron chi connectivity index (χ4n) is 1.78. The summed E-state index contributed by atoms with van der Waals surface area (Å²) in [7, 11) is -2.25. The Morgan fingerprint density at radius 1 is 1.56 bits per heavy atom. The van der Waals surface area contributed by atoms with Gasteiger partial charge in [0.1, 0.15) is 0 Å². The number of carboxylic acid groups (broad SMARTS) is 1. The van der Waals surface area contributed by atoms with Gasteiger partial charge in [0.05, 0.1) is 12.5 Å². The molecule has 0 aromatic rings. The van der Waals surface area contributed by atoms with E-state index in [4.69, 9.17) is 9.84 Å². The maximum absolute atomic E-state index is 11.9. The van der Waals surface area contributed by atoms with Crippen molar-refractivity contribution in [2.75, 3.05) is 20.2 Å². The minimum absolute atomic E-state index is 0.0378. The van der Waals surface area contributed by atoms with Crippen molar-refractivity contribution in [2.45, 2.75) is 38.3 Å². The Hall–Kier alpha value is -0.700. The summed E-state index contributed by atoms with van der Waals surface area (Å²) in [5.74, 6) is -1.02. The van der Waals surface area contributed by atoms with E-state index in [1.54, 1.807) is 0 Å². The fraction of sp³-hybridized carbons (Fsp3) is 0.900. The fourth-order valence-corrected chi connectivity index (χ4v) is 2.93. The molecule has 0 radical (unpaired) electrons. The van der Waals surface area contributed by atoms with E-state index in [0.717, 1.165) is 4.31 Å². The van der Waals surface area contributed by atoms with Gasteiger partial charge in [0.15, 0.2) is 0 Å². The van der Waals surface area contributed by atoms with Gasteiger partial charge in [-0.2, -0.15) is 17.4 Å².